The molecule has 8 heteroatoms. The number of piperidine rings is 1. The van der Waals surface area contributed by atoms with Gasteiger partial charge in [-0.1, -0.05) is 6.07 Å². The molecule has 0 aromatic heterocycles. The number of halogens is 1. The van der Waals surface area contributed by atoms with Crippen molar-refractivity contribution in [2.24, 2.45) is 0 Å². The Hall–Kier alpha value is -1.51. The van der Waals surface area contributed by atoms with Gasteiger partial charge in [0.05, 0.1) is 4.90 Å². The maximum atomic E-state index is 13.3. The third-order valence-corrected chi connectivity index (χ3v) is 5.85. The van der Waals surface area contributed by atoms with Gasteiger partial charge in [-0.15, -0.1) is 0 Å². The SMILES string of the molecule is CN(C)[C@H]1CCN(S(=O)(=O)c2cccc(F)c2)[C@H](C(=O)O)C1. The molecule has 6 nitrogen and oxygen atoms in total. The van der Waals surface area contributed by atoms with Gasteiger partial charge in [0.2, 0.25) is 10.0 Å². The van der Waals surface area contributed by atoms with Gasteiger partial charge in [-0.3, -0.25) is 4.79 Å². The van der Waals surface area contributed by atoms with E-state index in [-0.39, 0.29) is 23.9 Å². The maximum Gasteiger partial charge on any atom is 0.322 e. The minimum Gasteiger partial charge on any atom is -0.480 e. The maximum absolute atomic E-state index is 13.3. The van der Waals surface area contributed by atoms with Crippen molar-refractivity contribution in [3.63, 3.8) is 0 Å². The largest absolute Gasteiger partial charge is 0.480 e. The van der Waals surface area contributed by atoms with Gasteiger partial charge in [0.15, 0.2) is 0 Å². The molecule has 1 heterocycles. The van der Waals surface area contributed by atoms with Crippen molar-refractivity contribution in [2.45, 2.75) is 29.8 Å². The van der Waals surface area contributed by atoms with E-state index in [0.717, 1.165) is 16.4 Å². The van der Waals surface area contributed by atoms with Gasteiger partial charge >= 0.3 is 5.97 Å². The van der Waals surface area contributed by atoms with Gasteiger partial charge in [0, 0.05) is 12.6 Å². The summed E-state index contributed by atoms with van der Waals surface area (Å²) >= 11 is 0. The molecule has 0 radical (unpaired) electrons. The standard InChI is InChI=1S/C14H19FN2O4S/c1-16(2)11-6-7-17(13(9-11)14(18)19)22(20,21)12-5-3-4-10(15)8-12/h3-5,8,11,13H,6-7,9H2,1-2H3,(H,18,19)/t11-,13-/m0/s1. The molecule has 1 N–H and O–H groups in total. The van der Waals surface area contributed by atoms with E-state index in [0.29, 0.717) is 6.42 Å². The van der Waals surface area contributed by atoms with Gasteiger partial charge in [0.1, 0.15) is 11.9 Å². The zero-order valence-electron chi connectivity index (χ0n) is 12.4. The Balaban J connectivity index is 2.35. The predicted octanol–water partition coefficient (Wildman–Crippen LogP) is 0.994. The van der Waals surface area contributed by atoms with E-state index in [1.807, 2.05) is 19.0 Å². The molecule has 0 saturated carbocycles. The molecule has 1 aromatic carbocycles. The highest BCUT2D eigenvalue weighted by atomic mass is 32.2. The van der Waals surface area contributed by atoms with Crippen molar-refractivity contribution in [1.82, 2.24) is 9.21 Å². The third kappa shape index (κ3) is 3.29. The van der Waals surface area contributed by atoms with Crippen LogP contribution in [0, 0.1) is 5.82 Å². The van der Waals surface area contributed by atoms with Crippen LogP contribution in [0.5, 0.6) is 0 Å². The highest BCUT2D eigenvalue weighted by Crippen LogP contribution is 2.27. The van der Waals surface area contributed by atoms with Crippen LogP contribution in [0.15, 0.2) is 29.2 Å². The van der Waals surface area contributed by atoms with Crippen LogP contribution in [0.2, 0.25) is 0 Å². The average Bonchev–Trinajstić information content (AvgIpc) is 2.46. The van der Waals surface area contributed by atoms with E-state index in [1.54, 1.807) is 0 Å². The fraction of sp³-hybridized carbons (Fsp3) is 0.500. The number of rotatable bonds is 4. The summed E-state index contributed by atoms with van der Waals surface area (Å²) in [4.78, 5) is 13.1. The fourth-order valence-corrected chi connectivity index (χ4v) is 4.31. The second-order valence-corrected chi connectivity index (χ2v) is 7.46. The summed E-state index contributed by atoms with van der Waals surface area (Å²) in [6.07, 6.45) is 0.738. The zero-order valence-corrected chi connectivity index (χ0v) is 13.3. The molecule has 2 atom stereocenters. The Kier molecular flexibility index (Phi) is 4.84. The number of carboxylic acids is 1. The number of hydrogen-bond donors (Lipinski definition) is 1. The van der Waals surface area contributed by atoms with Crippen molar-refractivity contribution in [3.05, 3.63) is 30.1 Å². The summed E-state index contributed by atoms with van der Waals surface area (Å²) in [6.45, 7) is 0.0959. The number of sulfonamides is 1. The monoisotopic (exact) mass is 330 g/mol. The Morgan fingerprint density at radius 3 is 2.64 bits per heavy atom. The van der Waals surface area contributed by atoms with Crippen LogP contribution < -0.4 is 0 Å². The number of aliphatic carboxylic acids is 1. The number of carboxylic acid groups (broad SMARTS) is 1. The van der Waals surface area contributed by atoms with E-state index in [2.05, 4.69) is 0 Å². The molecule has 0 bridgehead atoms. The Labute approximate surface area is 129 Å². The molecule has 0 unspecified atom stereocenters. The van der Waals surface area contributed by atoms with E-state index in [4.69, 9.17) is 0 Å². The summed E-state index contributed by atoms with van der Waals surface area (Å²) in [5.41, 5.74) is 0. The van der Waals surface area contributed by atoms with Gasteiger partial charge in [0.25, 0.3) is 0 Å². The lowest BCUT2D eigenvalue weighted by Crippen LogP contribution is -2.53. The summed E-state index contributed by atoms with van der Waals surface area (Å²) in [5.74, 6) is -1.86. The quantitative estimate of drug-likeness (QED) is 0.891. The van der Waals surface area contributed by atoms with Crippen molar-refractivity contribution < 1.29 is 22.7 Å². The first-order chi connectivity index (χ1) is 10.2. The van der Waals surface area contributed by atoms with Crippen molar-refractivity contribution in [1.29, 1.82) is 0 Å². The highest BCUT2D eigenvalue weighted by Gasteiger charge is 2.41. The molecule has 1 aromatic rings. The van der Waals surface area contributed by atoms with Gasteiger partial charge in [-0.05, 0) is 45.1 Å². The first-order valence-corrected chi connectivity index (χ1v) is 8.34. The van der Waals surface area contributed by atoms with Gasteiger partial charge < -0.3 is 10.0 Å². The molecule has 0 aliphatic carbocycles. The topological polar surface area (TPSA) is 77.9 Å². The molecule has 0 spiro atoms. The van der Waals surface area contributed by atoms with Gasteiger partial charge in [-0.25, -0.2) is 12.8 Å². The summed E-state index contributed by atoms with van der Waals surface area (Å²) < 4.78 is 39.5. The summed E-state index contributed by atoms with van der Waals surface area (Å²) in [5, 5.41) is 9.37. The number of nitrogens with zero attached hydrogens (tertiary/aromatic N) is 2. The number of benzene rings is 1. The van der Waals surface area contributed by atoms with Crippen LogP contribution in [0.25, 0.3) is 0 Å². The normalized spacial score (nSPS) is 23.6. The minimum absolute atomic E-state index is 0.0000551. The predicted molar refractivity (Wildman–Crippen MR) is 78.4 cm³/mol. The summed E-state index contributed by atoms with van der Waals surface area (Å²) in [6, 6.07) is 3.48. The summed E-state index contributed by atoms with van der Waals surface area (Å²) in [7, 11) is -0.367. The van der Waals surface area contributed by atoms with Crippen molar-refractivity contribution in [3.8, 4) is 0 Å². The highest BCUT2D eigenvalue weighted by molar-refractivity contribution is 7.89. The molecule has 1 aliphatic heterocycles. The smallest absolute Gasteiger partial charge is 0.322 e. The Bertz CT molecular complexity index is 663. The lowest BCUT2D eigenvalue weighted by atomic mass is 9.99. The van der Waals surface area contributed by atoms with E-state index >= 15 is 0 Å². The molecule has 22 heavy (non-hydrogen) atoms. The van der Waals surface area contributed by atoms with Gasteiger partial charge in [-0.2, -0.15) is 4.31 Å². The lowest BCUT2D eigenvalue weighted by molar-refractivity contribution is -0.143. The Morgan fingerprint density at radius 1 is 1.41 bits per heavy atom. The number of hydrogen-bond acceptors (Lipinski definition) is 4. The van der Waals surface area contributed by atoms with Crippen LogP contribution in [0.3, 0.4) is 0 Å². The lowest BCUT2D eigenvalue weighted by Gasteiger charge is -2.38. The molecular formula is C14H19FN2O4S. The molecule has 1 aliphatic rings. The van der Waals surface area contributed by atoms with E-state index in [1.165, 1.54) is 12.1 Å². The van der Waals surface area contributed by atoms with Crippen molar-refractivity contribution in [2.75, 3.05) is 20.6 Å². The van der Waals surface area contributed by atoms with E-state index < -0.39 is 27.9 Å². The third-order valence-electron chi connectivity index (χ3n) is 3.94. The molecule has 1 fully saturated rings. The second kappa shape index (κ2) is 6.31. The first-order valence-electron chi connectivity index (χ1n) is 6.90. The molecular weight excluding hydrogens is 311 g/mol. The van der Waals surface area contributed by atoms with Crippen LogP contribution >= 0.6 is 0 Å². The Morgan fingerprint density at radius 2 is 2.09 bits per heavy atom. The fourth-order valence-electron chi connectivity index (χ4n) is 2.67. The van der Waals surface area contributed by atoms with Crippen LogP contribution in [-0.2, 0) is 14.8 Å². The van der Waals surface area contributed by atoms with Crippen LogP contribution in [0.4, 0.5) is 4.39 Å². The van der Waals surface area contributed by atoms with Crippen LogP contribution in [0.1, 0.15) is 12.8 Å². The number of carbonyl (C=O) groups is 1. The molecule has 2 rings (SSSR count). The van der Waals surface area contributed by atoms with E-state index in [9.17, 15) is 22.7 Å². The average molecular weight is 330 g/mol. The molecule has 122 valence electrons. The first kappa shape index (κ1) is 16.9. The zero-order chi connectivity index (χ0) is 16.5. The molecule has 1 saturated heterocycles. The molecule has 0 amide bonds. The van der Waals surface area contributed by atoms with Crippen LogP contribution in [-0.4, -0.2) is 61.4 Å². The van der Waals surface area contributed by atoms with Crippen molar-refractivity contribution >= 4 is 16.0 Å². The minimum atomic E-state index is -4.03. The second-order valence-electron chi connectivity index (χ2n) is 5.57.